The molecule has 13 heavy (non-hydrogen) atoms. The quantitative estimate of drug-likeness (QED) is 0.621. The Balaban J connectivity index is 4.38. The standard InChI is InChI=1S/C10H20N2O/c1-6-7-11-10(13)12(8(2)3)9(4)5/h7-9H,6H2,1-5H3. The van der Waals surface area contributed by atoms with Crippen LogP contribution in [0.4, 0.5) is 4.79 Å². The van der Waals surface area contributed by atoms with Crippen LogP contribution in [-0.4, -0.2) is 29.2 Å². The van der Waals surface area contributed by atoms with Crippen molar-refractivity contribution in [1.29, 1.82) is 0 Å². The molecule has 0 aromatic rings. The number of aliphatic imine (C=N–C) groups is 1. The third-order valence-corrected chi connectivity index (χ3v) is 1.72. The highest BCUT2D eigenvalue weighted by Gasteiger charge is 2.18. The van der Waals surface area contributed by atoms with Crippen LogP contribution in [0, 0.1) is 0 Å². The van der Waals surface area contributed by atoms with Gasteiger partial charge >= 0.3 is 6.03 Å². The van der Waals surface area contributed by atoms with Crippen molar-refractivity contribution in [3.63, 3.8) is 0 Å². The molecule has 0 bridgehead atoms. The van der Waals surface area contributed by atoms with Crippen molar-refractivity contribution in [3.8, 4) is 0 Å². The van der Waals surface area contributed by atoms with E-state index in [9.17, 15) is 4.79 Å². The van der Waals surface area contributed by atoms with Gasteiger partial charge in [0.25, 0.3) is 0 Å². The van der Waals surface area contributed by atoms with Gasteiger partial charge in [-0.15, -0.1) is 0 Å². The largest absolute Gasteiger partial charge is 0.343 e. The first-order chi connectivity index (χ1) is 6.00. The van der Waals surface area contributed by atoms with Crippen molar-refractivity contribution in [3.05, 3.63) is 0 Å². The van der Waals surface area contributed by atoms with Crippen molar-refractivity contribution >= 4 is 12.2 Å². The molecule has 0 aliphatic rings. The molecule has 0 radical (unpaired) electrons. The molecule has 0 saturated heterocycles. The van der Waals surface area contributed by atoms with Crippen molar-refractivity contribution in [1.82, 2.24) is 4.90 Å². The van der Waals surface area contributed by atoms with Crippen LogP contribution in [0.1, 0.15) is 41.0 Å². The molecular formula is C10H20N2O. The van der Waals surface area contributed by atoms with E-state index in [-0.39, 0.29) is 18.1 Å². The average Bonchev–Trinajstić information content (AvgIpc) is 1.99. The van der Waals surface area contributed by atoms with Crippen LogP contribution in [0.3, 0.4) is 0 Å². The van der Waals surface area contributed by atoms with Crippen LogP contribution in [0.5, 0.6) is 0 Å². The molecular weight excluding hydrogens is 164 g/mol. The molecule has 3 heteroatoms. The first-order valence-electron chi connectivity index (χ1n) is 4.85. The lowest BCUT2D eigenvalue weighted by molar-refractivity contribution is 0.175. The minimum atomic E-state index is -0.133. The number of hydrogen-bond acceptors (Lipinski definition) is 1. The van der Waals surface area contributed by atoms with Gasteiger partial charge in [-0.2, -0.15) is 0 Å². The van der Waals surface area contributed by atoms with E-state index in [0.29, 0.717) is 0 Å². The van der Waals surface area contributed by atoms with Crippen LogP contribution in [0.2, 0.25) is 0 Å². The number of carbonyl (C=O) groups excluding carboxylic acids is 1. The van der Waals surface area contributed by atoms with E-state index in [4.69, 9.17) is 0 Å². The summed E-state index contributed by atoms with van der Waals surface area (Å²) in [6.45, 7) is 9.96. The summed E-state index contributed by atoms with van der Waals surface area (Å²) in [4.78, 5) is 17.1. The second-order valence-electron chi connectivity index (χ2n) is 3.60. The number of carbonyl (C=O) groups is 1. The van der Waals surface area contributed by atoms with Gasteiger partial charge in [-0.05, 0) is 34.1 Å². The summed E-state index contributed by atoms with van der Waals surface area (Å²) in [7, 11) is 0. The average molecular weight is 184 g/mol. The smallest absolute Gasteiger partial charge is 0.318 e. The summed E-state index contributed by atoms with van der Waals surface area (Å²) in [6, 6.07) is 0.287. The molecule has 0 atom stereocenters. The van der Waals surface area contributed by atoms with Crippen LogP contribution >= 0.6 is 0 Å². The van der Waals surface area contributed by atoms with Crippen molar-refractivity contribution < 1.29 is 4.79 Å². The van der Waals surface area contributed by atoms with Crippen molar-refractivity contribution in [2.24, 2.45) is 4.99 Å². The van der Waals surface area contributed by atoms with Gasteiger partial charge in [0.15, 0.2) is 0 Å². The van der Waals surface area contributed by atoms with Crippen LogP contribution in [0.25, 0.3) is 0 Å². The maximum atomic E-state index is 11.5. The normalized spacial score (nSPS) is 11.6. The molecule has 0 aromatic heterocycles. The van der Waals surface area contributed by atoms with Crippen molar-refractivity contribution in [2.75, 3.05) is 0 Å². The lowest BCUT2D eigenvalue weighted by Gasteiger charge is -2.28. The molecule has 0 aliphatic carbocycles. The van der Waals surface area contributed by atoms with E-state index in [1.165, 1.54) is 0 Å². The molecule has 3 nitrogen and oxygen atoms in total. The zero-order chi connectivity index (χ0) is 10.4. The van der Waals surface area contributed by atoms with Crippen LogP contribution in [-0.2, 0) is 0 Å². The molecule has 0 N–H and O–H groups in total. The molecule has 2 amide bonds. The fraction of sp³-hybridized carbons (Fsp3) is 0.800. The Kier molecular flexibility index (Phi) is 5.35. The molecule has 0 aromatic carbocycles. The lowest BCUT2D eigenvalue weighted by Crippen LogP contribution is -2.40. The van der Waals surface area contributed by atoms with Gasteiger partial charge in [0, 0.05) is 18.3 Å². The Morgan fingerprint density at radius 3 is 2.08 bits per heavy atom. The predicted octanol–water partition coefficient (Wildman–Crippen LogP) is 2.71. The highest BCUT2D eigenvalue weighted by molar-refractivity contribution is 5.83. The predicted molar refractivity (Wildman–Crippen MR) is 56.3 cm³/mol. The second-order valence-corrected chi connectivity index (χ2v) is 3.60. The number of hydrogen-bond donors (Lipinski definition) is 0. The van der Waals surface area contributed by atoms with Crippen LogP contribution < -0.4 is 0 Å². The fourth-order valence-electron chi connectivity index (χ4n) is 1.27. The number of rotatable bonds is 3. The Hall–Kier alpha value is -0.860. The summed E-state index contributed by atoms with van der Waals surface area (Å²) in [5.74, 6) is 0. The van der Waals surface area contributed by atoms with Gasteiger partial charge in [0.1, 0.15) is 0 Å². The van der Waals surface area contributed by atoms with Gasteiger partial charge in [0.05, 0.1) is 0 Å². The van der Waals surface area contributed by atoms with E-state index < -0.39 is 0 Å². The topological polar surface area (TPSA) is 32.7 Å². The highest BCUT2D eigenvalue weighted by Crippen LogP contribution is 2.06. The summed E-state index contributed by atoms with van der Waals surface area (Å²) in [5, 5.41) is 0. The number of nitrogens with zero attached hydrogens (tertiary/aromatic N) is 2. The molecule has 0 heterocycles. The Morgan fingerprint density at radius 1 is 1.31 bits per heavy atom. The highest BCUT2D eigenvalue weighted by atomic mass is 16.2. The minimum absolute atomic E-state index is 0.133. The fourth-order valence-corrected chi connectivity index (χ4v) is 1.27. The molecule has 0 spiro atoms. The zero-order valence-corrected chi connectivity index (χ0v) is 9.24. The first kappa shape index (κ1) is 12.1. The third kappa shape index (κ3) is 4.06. The molecule has 0 unspecified atom stereocenters. The van der Waals surface area contributed by atoms with Gasteiger partial charge in [-0.3, -0.25) is 0 Å². The second kappa shape index (κ2) is 5.73. The third-order valence-electron chi connectivity index (χ3n) is 1.72. The van der Waals surface area contributed by atoms with E-state index in [1.54, 1.807) is 11.1 Å². The summed E-state index contributed by atoms with van der Waals surface area (Å²) >= 11 is 0. The summed E-state index contributed by atoms with van der Waals surface area (Å²) in [6.07, 6.45) is 2.45. The Morgan fingerprint density at radius 2 is 1.77 bits per heavy atom. The van der Waals surface area contributed by atoms with E-state index in [1.807, 2.05) is 34.6 Å². The first-order valence-corrected chi connectivity index (χ1v) is 4.85. The molecule has 0 fully saturated rings. The van der Waals surface area contributed by atoms with Gasteiger partial charge < -0.3 is 4.90 Å². The molecule has 0 saturated carbocycles. The van der Waals surface area contributed by atoms with E-state index in [0.717, 1.165) is 6.42 Å². The van der Waals surface area contributed by atoms with Crippen LogP contribution in [0.15, 0.2) is 4.99 Å². The Labute approximate surface area is 80.8 Å². The van der Waals surface area contributed by atoms with E-state index >= 15 is 0 Å². The molecule has 0 aliphatic heterocycles. The molecule has 0 rings (SSSR count). The van der Waals surface area contributed by atoms with Gasteiger partial charge in [0.2, 0.25) is 0 Å². The monoisotopic (exact) mass is 184 g/mol. The number of urea groups is 1. The van der Waals surface area contributed by atoms with E-state index in [2.05, 4.69) is 4.99 Å². The zero-order valence-electron chi connectivity index (χ0n) is 9.24. The SMILES string of the molecule is CCC=NC(=O)N(C(C)C)C(C)C. The maximum Gasteiger partial charge on any atom is 0.343 e. The minimum Gasteiger partial charge on any atom is -0.318 e. The Bertz CT molecular complexity index is 177. The van der Waals surface area contributed by atoms with Gasteiger partial charge in [-0.25, -0.2) is 9.79 Å². The number of amides is 2. The van der Waals surface area contributed by atoms with Gasteiger partial charge in [-0.1, -0.05) is 6.92 Å². The molecule has 76 valence electrons. The van der Waals surface area contributed by atoms with Crippen molar-refractivity contribution in [2.45, 2.75) is 53.1 Å². The summed E-state index contributed by atoms with van der Waals surface area (Å²) < 4.78 is 0. The lowest BCUT2D eigenvalue weighted by atomic mass is 10.2. The summed E-state index contributed by atoms with van der Waals surface area (Å²) in [5.41, 5.74) is 0. The maximum absolute atomic E-state index is 11.5.